The van der Waals surface area contributed by atoms with Gasteiger partial charge in [0.2, 0.25) is 5.75 Å². The summed E-state index contributed by atoms with van der Waals surface area (Å²) in [7, 11) is 4.87. The van der Waals surface area contributed by atoms with E-state index in [1.807, 2.05) is 7.05 Å². The number of ether oxygens (including phenoxy) is 2. The predicted octanol–water partition coefficient (Wildman–Crippen LogP) is 3.08. The molecule has 1 aliphatic heterocycles. The van der Waals surface area contributed by atoms with Crippen molar-refractivity contribution in [1.82, 2.24) is 10.2 Å². The van der Waals surface area contributed by atoms with Crippen LogP contribution in [0.1, 0.15) is 25.8 Å². The van der Waals surface area contributed by atoms with Crippen LogP contribution in [0, 0.1) is 11.8 Å². The Bertz CT molecular complexity index is 560. The lowest BCUT2D eigenvalue weighted by Gasteiger charge is -2.37. The second-order valence-electron chi connectivity index (χ2n) is 6.60. The van der Waals surface area contributed by atoms with Crippen molar-refractivity contribution < 1.29 is 14.6 Å². The number of phenolic OH excluding ortho intramolecular Hbond substituents is 1. The van der Waals surface area contributed by atoms with Gasteiger partial charge in [0.15, 0.2) is 17.5 Å². The summed E-state index contributed by atoms with van der Waals surface area (Å²) in [5, 5.41) is 13.4. The molecule has 0 radical (unpaired) electrons. The van der Waals surface area contributed by atoms with Gasteiger partial charge in [-0.15, -0.1) is 24.0 Å². The first kappa shape index (κ1) is 21.7. The summed E-state index contributed by atoms with van der Waals surface area (Å²) < 4.78 is 10.4. The van der Waals surface area contributed by atoms with Crippen LogP contribution in [0.15, 0.2) is 17.1 Å². The Labute approximate surface area is 167 Å². The number of guanidine groups is 1. The Morgan fingerprint density at radius 2 is 1.72 bits per heavy atom. The number of methoxy groups -OCH3 is 2. The molecule has 2 N–H and O–H groups in total. The Morgan fingerprint density at radius 3 is 2.16 bits per heavy atom. The monoisotopic (exact) mass is 463 g/mol. The van der Waals surface area contributed by atoms with Crippen molar-refractivity contribution in [3.05, 3.63) is 17.7 Å². The molecule has 1 saturated heterocycles. The number of hydrogen-bond acceptors (Lipinski definition) is 4. The van der Waals surface area contributed by atoms with Crippen LogP contribution in [0.4, 0.5) is 0 Å². The van der Waals surface area contributed by atoms with Gasteiger partial charge >= 0.3 is 0 Å². The molecule has 1 aliphatic rings. The minimum absolute atomic E-state index is 0. The zero-order chi connectivity index (χ0) is 17.7. The molecule has 25 heavy (non-hydrogen) atoms. The van der Waals surface area contributed by atoms with Gasteiger partial charge in [0, 0.05) is 26.7 Å². The van der Waals surface area contributed by atoms with E-state index in [-0.39, 0.29) is 29.7 Å². The van der Waals surface area contributed by atoms with Crippen molar-refractivity contribution in [2.75, 3.05) is 34.4 Å². The molecule has 7 heteroatoms. The fraction of sp³-hybridized carbons (Fsp3) is 0.611. The van der Waals surface area contributed by atoms with E-state index in [1.165, 1.54) is 20.6 Å². The van der Waals surface area contributed by atoms with Crippen molar-refractivity contribution in [2.24, 2.45) is 16.8 Å². The Kier molecular flexibility index (Phi) is 8.61. The van der Waals surface area contributed by atoms with Crippen molar-refractivity contribution in [3.63, 3.8) is 0 Å². The van der Waals surface area contributed by atoms with Gasteiger partial charge in [-0.3, -0.25) is 4.99 Å². The van der Waals surface area contributed by atoms with Crippen LogP contribution >= 0.6 is 24.0 Å². The van der Waals surface area contributed by atoms with E-state index in [4.69, 9.17) is 9.47 Å². The zero-order valence-corrected chi connectivity index (χ0v) is 18.0. The van der Waals surface area contributed by atoms with Crippen LogP contribution in [0.5, 0.6) is 17.2 Å². The number of benzene rings is 1. The van der Waals surface area contributed by atoms with Crippen LogP contribution in [0.25, 0.3) is 0 Å². The number of rotatable bonds is 4. The van der Waals surface area contributed by atoms with Crippen molar-refractivity contribution >= 4 is 29.9 Å². The normalized spacial score (nSPS) is 20.7. The molecule has 0 amide bonds. The molecule has 1 aromatic carbocycles. The standard InChI is InChI=1S/C18H29N3O3.HI/c1-12-6-13(2)11-21(10-12)18(19-3)20-9-14-7-15(23-4)17(22)16(8-14)24-5;/h7-8,12-13,22H,6,9-11H2,1-5H3,(H,19,20);1H. The maximum Gasteiger partial charge on any atom is 0.200 e. The summed E-state index contributed by atoms with van der Waals surface area (Å²) in [4.78, 5) is 6.73. The van der Waals surface area contributed by atoms with Gasteiger partial charge in [-0.05, 0) is 36.0 Å². The third-order valence-electron chi connectivity index (χ3n) is 4.37. The number of piperidine rings is 1. The Balaban J connectivity index is 0.00000312. The number of nitrogens with one attached hydrogen (secondary N) is 1. The second-order valence-corrected chi connectivity index (χ2v) is 6.60. The molecular formula is C18H30IN3O3. The average molecular weight is 463 g/mol. The van der Waals surface area contributed by atoms with Crippen LogP contribution in [0.3, 0.4) is 0 Å². The summed E-state index contributed by atoms with van der Waals surface area (Å²) in [6.45, 7) is 7.19. The zero-order valence-electron chi connectivity index (χ0n) is 15.7. The van der Waals surface area contributed by atoms with E-state index >= 15 is 0 Å². The minimum Gasteiger partial charge on any atom is -0.502 e. The third kappa shape index (κ3) is 5.55. The highest BCUT2D eigenvalue weighted by atomic mass is 127. The minimum atomic E-state index is 0. The van der Waals surface area contributed by atoms with Crippen LogP contribution in [-0.4, -0.2) is 50.3 Å². The van der Waals surface area contributed by atoms with E-state index in [2.05, 4.69) is 29.1 Å². The molecule has 1 aromatic rings. The Morgan fingerprint density at radius 1 is 1.20 bits per heavy atom. The molecular weight excluding hydrogens is 433 g/mol. The first-order chi connectivity index (χ1) is 11.5. The largest absolute Gasteiger partial charge is 0.502 e. The average Bonchev–Trinajstić information content (AvgIpc) is 2.55. The fourth-order valence-corrected chi connectivity index (χ4v) is 3.40. The molecule has 142 valence electrons. The van der Waals surface area contributed by atoms with Gasteiger partial charge in [-0.1, -0.05) is 13.8 Å². The topological polar surface area (TPSA) is 66.3 Å². The highest BCUT2D eigenvalue weighted by molar-refractivity contribution is 14.0. The second kappa shape index (κ2) is 9.94. The van der Waals surface area contributed by atoms with Crippen LogP contribution in [-0.2, 0) is 6.54 Å². The number of nitrogens with zero attached hydrogens (tertiary/aromatic N) is 2. The first-order valence-corrected chi connectivity index (χ1v) is 8.37. The summed E-state index contributed by atoms with van der Waals surface area (Å²) >= 11 is 0. The quantitative estimate of drug-likeness (QED) is 0.408. The molecule has 1 fully saturated rings. The van der Waals surface area contributed by atoms with Crippen LogP contribution < -0.4 is 14.8 Å². The molecule has 6 nitrogen and oxygen atoms in total. The fourth-order valence-electron chi connectivity index (χ4n) is 3.40. The molecule has 1 heterocycles. The number of phenols is 1. The summed E-state index contributed by atoms with van der Waals surface area (Å²) in [5.41, 5.74) is 0.959. The van der Waals surface area contributed by atoms with Crippen LogP contribution in [0.2, 0.25) is 0 Å². The van der Waals surface area contributed by atoms with Crippen molar-refractivity contribution in [3.8, 4) is 17.2 Å². The van der Waals surface area contributed by atoms with Gasteiger partial charge in [0.05, 0.1) is 14.2 Å². The highest BCUT2D eigenvalue weighted by Crippen LogP contribution is 2.37. The molecule has 0 bridgehead atoms. The number of aromatic hydroxyl groups is 1. The molecule has 0 aromatic heterocycles. The lowest BCUT2D eigenvalue weighted by molar-refractivity contribution is 0.208. The number of likely N-dealkylation sites (tertiary alicyclic amines) is 1. The van der Waals surface area contributed by atoms with Crippen molar-refractivity contribution in [2.45, 2.75) is 26.8 Å². The SMILES string of the molecule is CN=C(NCc1cc(OC)c(O)c(OC)c1)N1CC(C)CC(C)C1.I. The molecule has 0 spiro atoms. The highest BCUT2D eigenvalue weighted by Gasteiger charge is 2.24. The number of halogens is 1. The van der Waals surface area contributed by atoms with E-state index in [9.17, 15) is 5.11 Å². The first-order valence-electron chi connectivity index (χ1n) is 8.37. The molecule has 2 unspecified atom stereocenters. The summed E-state index contributed by atoms with van der Waals surface area (Å²) in [6, 6.07) is 3.61. The predicted molar refractivity (Wildman–Crippen MR) is 111 cm³/mol. The van der Waals surface area contributed by atoms with Crippen molar-refractivity contribution in [1.29, 1.82) is 0 Å². The lowest BCUT2D eigenvalue weighted by Crippen LogP contribution is -2.48. The maximum atomic E-state index is 10.00. The molecule has 0 aliphatic carbocycles. The van der Waals surface area contributed by atoms with Gasteiger partial charge in [0.1, 0.15) is 0 Å². The van der Waals surface area contributed by atoms with Gasteiger partial charge in [0.25, 0.3) is 0 Å². The summed E-state index contributed by atoms with van der Waals surface area (Å²) in [6.07, 6.45) is 1.26. The third-order valence-corrected chi connectivity index (χ3v) is 4.37. The lowest BCUT2D eigenvalue weighted by atomic mass is 9.92. The van der Waals surface area contributed by atoms with E-state index in [1.54, 1.807) is 12.1 Å². The number of aliphatic imine (C=N–C) groups is 1. The molecule has 2 rings (SSSR count). The number of hydrogen-bond donors (Lipinski definition) is 2. The van der Waals surface area contributed by atoms with Gasteiger partial charge in [-0.25, -0.2) is 0 Å². The smallest absolute Gasteiger partial charge is 0.200 e. The molecule has 0 saturated carbocycles. The van der Waals surface area contributed by atoms with E-state index in [0.717, 1.165) is 24.6 Å². The summed E-state index contributed by atoms with van der Waals surface area (Å²) in [5.74, 6) is 3.07. The van der Waals surface area contributed by atoms with Gasteiger partial charge in [-0.2, -0.15) is 0 Å². The van der Waals surface area contributed by atoms with E-state index < -0.39 is 0 Å². The van der Waals surface area contributed by atoms with Gasteiger partial charge < -0.3 is 24.8 Å². The maximum absolute atomic E-state index is 10.00. The Hall–Kier alpha value is -1.38. The molecule has 2 atom stereocenters. The van der Waals surface area contributed by atoms with E-state index in [0.29, 0.717) is 29.9 Å².